The number of thioether (sulfide) groups is 1. The summed E-state index contributed by atoms with van der Waals surface area (Å²) in [6.07, 6.45) is -0.875. The van der Waals surface area contributed by atoms with E-state index in [1.54, 1.807) is 42.1 Å². The number of nitrogens with one attached hydrogen (secondary N) is 1. The van der Waals surface area contributed by atoms with Crippen molar-refractivity contribution in [3.05, 3.63) is 125 Å². The largest absolute Gasteiger partial charge is 0.396 e. The summed E-state index contributed by atoms with van der Waals surface area (Å²) >= 11 is 1.66. The molecule has 1 saturated heterocycles. The Morgan fingerprint density at radius 3 is 2.19 bits per heavy atom. The van der Waals surface area contributed by atoms with Gasteiger partial charge in [-0.05, 0) is 39.9 Å². The fraction of sp³-hybridized carbons (Fsp3) is 0.294. The molecule has 0 amide bonds. The standard InChI is InChI=1S/C34H37NO6S2/c1-24-32(23-42-20-19-36)40-34(41-33(24)27-13-11-25(22-37)12-14-27)28-17-15-26(16-18-28)31-10-6-5-7-29(31)21-35-43(38,39)30-8-3-2-4-9-30/h2-18,24,32-37H,19-23H2,1H3. The van der Waals surface area contributed by atoms with Gasteiger partial charge in [-0.1, -0.05) is 97.9 Å². The van der Waals surface area contributed by atoms with Crippen LogP contribution < -0.4 is 4.72 Å². The maximum atomic E-state index is 12.8. The Bertz CT molecular complexity index is 1560. The van der Waals surface area contributed by atoms with Crippen LogP contribution in [-0.4, -0.2) is 42.8 Å². The molecule has 1 fully saturated rings. The summed E-state index contributed by atoms with van der Waals surface area (Å²) in [4.78, 5) is 0.231. The van der Waals surface area contributed by atoms with E-state index in [-0.39, 0.29) is 42.8 Å². The van der Waals surface area contributed by atoms with E-state index in [4.69, 9.17) is 9.47 Å². The molecule has 226 valence electrons. The SMILES string of the molecule is CC1C(CSCCO)OC(c2ccc(-c3ccccc3CNS(=O)(=O)c3ccccc3)cc2)OC1c1ccc(CO)cc1. The van der Waals surface area contributed by atoms with Gasteiger partial charge < -0.3 is 19.7 Å². The molecular weight excluding hydrogens is 583 g/mol. The maximum Gasteiger partial charge on any atom is 0.240 e. The van der Waals surface area contributed by atoms with Crippen LogP contribution in [0, 0.1) is 5.92 Å². The van der Waals surface area contributed by atoms with Crippen molar-refractivity contribution >= 4 is 21.8 Å². The Kier molecular flexibility index (Phi) is 10.7. The molecule has 43 heavy (non-hydrogen) atoms. The van der Waals surface area contributed by atoms with E-state index < -0.39 is 16.3 Å². The van der Waals surface area contributed by atoms with Gasteiger partial charge in [-0.15, -0.1) is 0 Å². The van der Waals surface area contributed by atoms with Crippen LogP contribution in [0.5, 0.6) is 0 Å². The third-order valence-corrected chi connectivity index (χ3v) is 10.1. The molecule has 1 aliphatic rings. The summed E-state index contributed by atoms with van der Waals surface area (Å²) in [5, 5.41) is 18.8. The van der Waals surface area contributed by atoms with Crippen LogP contribution in [0.1, 0.15) is 41.6 Å². The molecule has 0 bridgehead atoms. The molecule has 1 aliphatic heterocycles. The lowest BCUT2D eigenvalue weighted by atomic mass is 9.91. The average molecular weight is 620 g/mol. The van der Waals surface area contributed by atoms with Gasteiger partial charge in [0.05, 0.1) is 30.3 Å². The fourth-order valence-electron chi connectivity index (χ4n) is 5.21. The monoisotopic (exact) mass is 619 g/mol. The molecule has 4 unspecified atom stereocenters. The number of sulfonamides is 1. The van der Waals surface area contributed by atoms with Gasteiger partial charge in [0.1, 0.15) is 0 Å². The predicted octanol–water partition coefficient (Wildman–Crippen LogP) is 5.84. The second-order valence-corrected chi connectivity index (χ2v) is 13.5. The molecule has 5 rings (SSSR count). The Morgan fingerprint density at radius 1 is 0.814 bits per heavy atom. The van der Waals surface area contributed by atoms with Gasteiger partial charge in [0.25, 0.3) is 0 Å². The zero-order valence-electron chi connectivity index (χ0n) is 24.0. The molecule has 1 heterocycles. The lowest BCUT2D eigenvalue weighted by molar-refractivity contribution is -0.268. The Morgan fingerprint density at radius 2 is 1.49 bits per heavy atom. The Labute approximate surface area is 257 Å². The molecule has 0 aromatic heterocycles. The summed E-state index contributed by atoms with van der Waals surface area (Å²) in [6, 6.07) is 31.9. The Hall–Kier alpha value is -3.02. The van der Waals surface area contributed by atoms with Gasteiger partial charge in [-0.25, -0.2) is 13.1 Å². The lowest BCUT2D eigenvalue weighted by Crippen LogP contribution is -2.38. The van der Waals surface area contributed by atoms with E-state index in [1.165, 1.54) is 0 Å². The molecule has 0 radical (unpaired) electrons. The van der Waals surface area contributed by atoms with Crippen LogP contribution in [0.3, 0.4) is 0 Å². The average Bonchev–Trinajstić information content (AvgIpc) is 3.05. The number of aliphatic hydroxyl groups is 2. The zero-order valence-corrected chi connectivity index (χ0v) is 25.6. The van der Waals surface area contributed by atoms with Gasteiger partial charge in [0.2, 0.25) is 10.0 Å². The molecule has 9 heteroatoms. The van der Waals surface area contributed by atoms with Crippen molar-refractivity contribution < 1.29 is 28.1 Å². The van der Waals surface area contributed by atoms with E-state index in [9.17, 15) is 18.6 Å². The third kappa shape index (κ3) is 7.74. The summed E-state index contributed by atoms with van der Waals surface area (Å²) < 4.78 is 41.4. The molecule has 4 atom stereocenters. The van der Waals surface area contributed by atoms with Gasteiger partial charge in [0, 0.05) is 29.5 Å². The number of rotatable bonds is 12. The van der Waals surface area contributed by atoms with E-state index in [0.717, 1.165) is 39.1 Å². The van der Waals surface area contributed by atoms with Crippen molar-refractivity contribution in [2.45, 2.75) is 43.5 Å². The first kappa shape index (κ1) is 31.4. The highest BCUT2D eigenvalue weighted by Gasteiger charge is 2.38. The summed E-state index contributed by atoms with van der Waals surface area (Å²) in [5.74, 6) is 1.45. The number of hydrogen-bond donors (Lipinski definition) is 3. The number of aliphatic hydroxyl groups excluding tert-OH is 2. The highest BCUT2D eigenvalue weighted by Crippen LogP contribution is 2.42. The van der Waals surface area contributed by atoms with Gasteiger partial charge >= 0.3 is 0 Å². The molecule has 0 saturated carbocycles. The van der Waals surface area contributed by atoms with Crippen LogP contribution in [-0.2, 0) is 32.6 Å². The maximum absolute atomic E-state index is 12.8. The summed E-state index contributed by atoms with van der Waals surface area (Å²) in [7, 11) is -3.64. The number of benzene rings is 4. The van der Waals surface area contributed by atoms with Crippen LogP contribution in [0.2, 0.25) is 0 Å². The van der Waals surface area contributed by atoms with E-state index in [1.807, 2.05) is 72.8 Å². The topological polar surface area (TPSA) is 105 Å². The fourth-order valence-corrected chi connectivity index (χ4v) is 7.14. The van der Waals surface area contributed by atoms with Crippen LogP contribution in [0.15, 0.2) is 108 Å². The van der Waals surface area contributed by atoms with Crippen molar-refractivity contribution in [1.29, 1.82) is 0 Å². The predicted molar refractivity (Wildman–Crippen MR) is 170 cm³/mol. The highest BCUT2D eigenvalue weighted by molar-refractivity contribution is 7.99. The van der Waals surface area contributed by atoms with Crippen LogP contribution in [0.25, 0.3) is 11.1 Å². The first-order valence-electron chi connectivity index (χ1n) is 14.3. The summed E-state index contributed by atoms with van der Waals surface area (Å²) in [5.41, 5.74) is 5.50. The highest BCUT2D eigenvalue weighted by atomic mass is 32.2. The third-order valence-electron chi connectivity index (χ3n) is 7.66. The second kappa shape index (κ2) is 14.6. The van der Waals surface area contributed by atoms with Gasteiger partial charge in [-0.2, -0.15) is 11.8 Å². The van der Waals surface area contributed by atoms with Crippen LogP contribution >= 0.6 is 11.8 Å². The minimum absolute atomic E-state index is 0.0120. The minimum Gasteiger partial charge on any atom is -0.396 e. The lowest BCUT2D eigenvalue weighted by Gasteiger charge is -2.41. The van der Waals surface area contributed by atoms with Crippen molar-refractivity contribution in [2.75, 3.05) is 18.1 Å². The second-order valence-electron chi connectivity index (χ2n) is 10.5. The van der Waals surface area contributed by atoms with Crippen molar-refractivity contribution in [3.8, 4) is 11.1 Å². The van der Waals surface area contributed by atoms with Gasteiger partial charge in [0.15, 0.2) is 6.29 Å². The quantitative estimate of drug-likeness (QED) is 0.171. The number of hydrogen-bond acceptors (Lipinski definition) is 7. The molecule has 3 N–H and O–H groups in total. The Balaban J connectivity index is 1.35. The molecule has 7 nitrogen and oxygen atoms in total. The molecular formula is C34H37NO6S2. The van der Waals surface area contributed by atoms with Gasteiger partial charge in [-0.3, -0.25) is 0 Å². The molecule has 4 aromatic rings. The minimum atomic E-state index is -3.64. The van der Waals surface area contributed by atoms with Crippen molar-refractivity contribution in [2.24, 2.45) is 5.92 Å². The summed E-state index contributed by atoms with van der Waals surface area (Å²) in [6.45, 7) is 2.39. The zero-order chi connectivity index (χ0) is 30.2. The normalized spacial score (nSPS) is 20.6. The van der Waals surface area contributed by atoms with Crippen molar-refractivity contribution in [1.82, 2.24) is 4.72 Å². The van der Waals surface area contributed by atoms with E-state index >= 15 is 0 Å². The first-order chi connectivity index (χ1) is 20.9. The smallest absolute Gasteiger partial charge is 0.240 e. The first-order valence-corrected chi connectivity index (χ1v) is 17.0. The number of ether oxygens (including phenoxy) is 2. The van der Waals surface area contributed by atoms with Crippen molar-refractivity contribution in [3.63, 3.8) is 0 Å². The molecule has 4 aromatic carbocycles. The molecule has 0 aliphatic carbocycles. The molecule has 0 spiro atoms. The van der Waals surface area contributed by atoms with E-state index in [2.05, 4.69) is 11.6 Å². The van der Waals surface area contributed by atoms with E-state index in [0.29, 0.717) is 5.75 Å². The van der Waals surface area contributed by atoms with Crippen LogP contribution in [0.4, 0.5) is 0 Å².